The van der Waals surface area contributed by atoms with Gasteiger partial charge in [0.1, 0.15) is 5.52 Å². The van der Waals surface area contributed by atoms with Gasteiger partial charge in [0.25, 0.3) is 5.82 Å². The van der Waals surface area contributed by atoms with Gasteiger partial charge in [0.15, 0.2) is 0 Å². The summed E-state index contributed by atoms with van der Waals surface area (Å²) in [6, 6.07) is 9.81. The van der Waals surface area contributed by atoms with Crippen molar-refractivity contribution in [3.8, 4) is 11.1 Å². The molecule has 36 heavy (non-hydrogen) atoms. The Morgan fingerprint density at radius 2 is 1.69 bits per heavy atom. The number of amides is 1. The highest BCUT2D eigenvalue weighted by Crippen LogP contribution is 2.30. The predicted molar refractivity (Wildman–Crippen MR) is 141 cm³/mol. The Balaban J connectivity index is 1.33. The molecule has 1 saturated heterocycles. The number of carbonyl (C=O) groups is 1. The van der Waals surface area contributed by atoms with Crippen molar-refractivity contribution in [2.45, 2.75) is 27.3 Å². The van der Waals surface area contributed by atoms with Crippen molar-refractivity contribution in [3.05, 3.63) is 77.5 Å². The van der Waals surface area contributed by atoms with E-state index in [1.807, 2.05) is 44.4 Å². The molecule has 8 heteroatoms. The maximum atomic E-state index is 13.2. The molecule has 0 unspecified atom stereocenters. The second-order valence-electron chi connectivity index (χ2n) is 9.34. The van der Waals surface area contributed by atoms with Gasteiger partial charge in [-0.1, -0.05) is 13.0 Å². The van der Waals surface area contributed by atoms with Crippen LogP contribution in [0.25, 0.3) is 22.2 Å². The van der Waals surface area contributed by atoms with Crippen molar-refractivity contribution in [2.24, 2.45) is 0 Å². The van der Waals surface area contributed by atoms with Gasteiger partial charge in [0.2, 0.25) is 0 Å². The molecule has 0 spiro atoms. The average Bonchev–Trinajstić information content (AvgIpc) is 2.91. The maximum Gasteiger partial charge on any atom is 0.341 e. The van der Waals surface area contributed by atoms with Crippen LogP contribution in [0.5, 0.6) is 0 Å². The lowest BCUT2D eigenvalue weighted by Crippen LogP contribution is -2.45. The lowest BCUT2D eigenvalue weighted by Gasteiger charge is -2.33. The number of carbonyl (C=O) groups excluding carboxylic acids is 1. The summed E-state index contributed by atoms with van der Waals surface area (Å²) >= 11 is 0. The van der Waals surface area contributed by atoms with Crippen LogP contribution in [0.1, 0.15) is 34.1 Å². The Kier molecular flexibility index (Phi) is 6.97. The number of nitrogens with zero attached hydrogens (tertiary/aromatic N) is 5. The van der Waals surface area contributed by atoms with E-state index in [1.54, 1.807) is 12.4 Å². The summed E-state index contributed by atoms with van der Waals surface area (Å²) in [6.45, 7) is 12.6. The summed E-state index contributed by atoms with van der Waals surface area (Å²) in [6.07, 6.45) is 7.09. The second-order valence-corrected chi connectivity index (χ2v) is 9.34. The number of nitrogens with one attached hydrogen (secondary N) is 2. The van der Waals surface area contributed by atoms with Crippen LogP contribution in [0.4, 0.5) is 5.82 Å². The summed E-state index contributed by atoms with van der Waals surface area (Å²) in [7, 11) is 0. The summed E-state index contributed by atoms with van der Waals surface area (Å²) < 4.78 is 0. The van der Waals surface area contributed by atoms with Crippen LogP contribution in [0.2, 0.25) is 0 Å². The van der Waals surface area contributed by atoms with Crippen LogP contribution in [-0.4, -0.2) is 63.4 Å². The van der Waals surface area contributed by atoms with Gasteiger partial charge in [-0.2, -0.15) is 0 Å². The average molecular weight is 483 g/mol. The number of hydrogen-bond donors (Lipinski definition) is 1. The standard InChI is InChI=1S/C28H31N7O/c1-4-34-11-13-35(14-12-34)18-21-5-8-25(32-17-21)33-28(36)23-7-6-22(26-27(23)30-10-9-29-26)24-15-19(2)16-31-20(24)3/h5-10,15-17H,4,11-14,18H2,1-3H3,(H,32,33,36)/p+1. The van der Waals surface area contributed by atoms with E-state index in [4.69, 9.17) is 0 Å². The van der Waals surface area contributed by atoms with Crippen molar-refractivity contribution in [3.63, 3.8) is 0 Å². The monoisotopic (exact) mass is 482 g/mol. The minimum atomic E-state index is -0.231. The van der Waals surface area contributed by atoms with E-state index in [-0.39, 0.29) is 5.91 Å². The first-order chi connectivity index (χ1) is 17.5. The summed E-state index contributed by atoms with van der Waals surface area (Å²) in [5, 5.41) is 2.98. The molecule has 0 saturated carbocycles. The third kappa shape index (κ3) is 5.10. The lowest BCUT2D eigenvalue weighted by atomic mass is 9.98. The molecule has 4 aromatic rings. The van der Waals surface area contributed by atoms with Crippen LogP contribution in [0.15, 0.2) is 55.1 Å². The van der Waals surface area contributed by atoms with Gasteiger partial charge in [-0.25, -0.2) is 15.1 Å². The van der Waals surface area contributed by atoms with E-state index in [2.05, 4.69) is 54.1 Å². The molecule has 1 aliphatic rings. The summed E-state index contributed by atoms with van der Waals surface area (Å²) in [5.74, 6) is 0.408. The molecule has 5 rings (SSSR count). The van der Waals surface area contributed by atoms with Crippen LogP contribution in [0, 0.1) is 13.8 Å². The van der Waals surface area contributed by atoms with E-state index in [1.165, 1.54) is 5.56 Å². The number of aromatic amines is 1. The van der Waals surface area contributed by atoms with Crippen LogP contribution < -0.4 is 10.3 Å². The number of likely N-dealkylation sites (N-methyl/N-ethyl adjacent to an activating group) is 1. The molecule has 4 heterocycles. The number of aryl methyl sites for hydroxylation is 2. The molecule has 0 aliphatic carbocycles. The van der Waals surface area contributed by atoms with Crippen molar-refractivity contribution < 1.29 is 9.78 Å². The highest BCUT2D eigenvalue weighted by Gasteiger charge is 2.21. The number of hydrogen-bond acceptors (Lipinski definition) is 6. The second kappa shape index (κ2) is 10.5. The van der Waals surface area contributed by atoms with Gasteiger partial charge in [-0.3, -0.25) is 19.9 Å². The molecule has 1 aromatic carbocycles. The Labute approximate surface area is 211 Å². The summed E-state index contributed by atoms with van der Waals surface area (Å²) in [4.78, 5) is 35.0. The van der Waals surface area contributed by atoms with Crippen molar-refractivity contribution in [2.75, 3.05) is 38.0 Å². The molecule has 184 valence electrons. The molecule has 1 fully saturated rings. The SMILES string of the molecule is CCN1CCN(Cc2ccc(NC(=O)c3ccc(-c4cc(C)cnc4C)c4nccnc34)[nH+]c2)CC1. The molecule has 0 radical (unpaired) electrons. The summed E-state index contributed by atoms with van der Waals surface area (Å²) in [5.41, 5.74) is 6.81. The lowest BCUT2D eigenvalue weighted by molar-refractivity contribution is -0.361. The topological polar surface area (TPSA) is 88.4 Å². The molecule has 1 aliphatic heterocycles. The van der Waals surface area contributed by atoms with Crippen LogP contribution in [0.3, 0.4) is 0 Å². The number of H-pyrrole nitrogens is 1. The van der Waals surface area contributed by atoms with Crippen molar-refractivity contribution in [1.82, 2.24) is 24.8 Å². The first-order valence-corrected chi connectivity index (χ1v) is 12.5. The largest absolute Gasteiger partial charge is 0.341 e. The fourth-order valence-electron chi connectivity index (χ4n) is 4.71. The first kappa shape index (κ1) is 24.0. The zero-order chi connectivity index (χ0) is 25.1. The maximum absolute atomic E-state index is 13.2. The van der Waals surface area contributed by atoms with Crippen LogP contribution >= 0.6 is 0 Å². The molecule has 1 amide bonds. The minimum absolute atomic E-state index is 0.231. The molecule has 3 aromatic heterocycles. The molecular weight excluding hydrogens is 450 g/mol. The number of pyridine rings is 2. The van der Waals surface area contributed by atoms with Gasteiger partial charge in [-0.05, 0) is 44.2 Å². The first-order valence-electron chi connectivity index (χ1n) is 12.5. The smallest absolute Gasteiger partial charge is 0.301 e. The molecule has 2 N–H and O–H groups in total. The van der Waals surface area contributed by atoms with E-state index in [9.17, 15) is 4.79 Å². The minimum Gasteiger partial charge on any atom is -0.301 e. The Morgan fingerprint density at radius 3 is 2.42 bits per heavy atom. The molecule has 0 bridgehead atoms. The molecule has 8 nitrogen and oxygen atoms in total. The van der Waals surface area contributed by atoms with Gasteiger partial charge in [-0.15, -0.1) is 0 Å². The number of aromatic nitrogens is 4. The van der Waals surface area contributed by atoms with Gasteiger partial charge < -0.3 is 4.90 Å². The van der Waals surface area contributed by atoms with Gasteiger partial charge in [0.05, 0.1) is 17.3 Å². The predicted octanol–water partition coefficient (Wildman–Crippen LogP) is 3.51. The van der Waals surface area contributed by atoms with Gasteiger partial charge in [0, 0.05) is 79.8 Å². The molecule has 0 atom stereocenters. The zero-order valence-corrected chi connectivity index (χ0v) is 21.1. The Morgan fingerprint density at radius 1 is 0.944 bits per heavy atom. The van der Waals surface area contributed by atoms with E-state index in [0.29, 0.717) is 22.4 Å². The Hall–Kier alpha value is -3.75. The fourth-order valence-corrected chi connectivity index (χ4v) is 4.71. The normalized spacial score (nSPS) is 14.8. The highest BCUT2D eigenvalue weighted by molar-refractivity contribution is 6.13. The third-order valence-corrected chi connectivity index (χ3v) is 6.83. The molecular formula is C28H32N7O+. The zero-order valence-electron chi connectivity index (χ0n) is 21.1. The van der Waals surface area contributed by atoms with Crippen LogP contribution in [-0.2, 0) is 6.54 Å². The van der Waals surface area contributed by atoms with E-state index >= 15 is 0 Å². The van der Waals surface area contributed by atoms with E-state index < -0.39 is 0 Å². The quantitative estimate of drug-likeness (QED) is 0.453. The van der Waals surface area contributed by atoms with E-state index in [0.717, 1.165) is 61.7 Å². The third-order valence-electron chi connectivity index (χ3n) is 6.83. The van der Waals surface area contributed by atoms with Crippen molar-refractivity contribution >= 4 is 22.8 Å². The number of anilines is 1. The number of piperazine rings is 1. The Bertz CT molecular complexity index is 1380. The van der Waals surface area contributed by atoms with Gasteiger partial charge >= 0.3 is 5.91 Å². The highest BCUT2D eigenvalue weighted by atomic mass is 16.1. The van der Waals surface area contributed by atoms with Crippen molar-refractivity contribution in [1.29, 1.82) is 0 Å². The number of fused-ring (bicyclic) bond motifs is 1. The number of benzene rings is 1. The number of rotatable bonds is 6. The fraction of sp³-hybridized carbons (Fsp3) is 0.321.